The maximum Gasteiger partial charge on any atom is 0.274 e. The van der Waals surface area contributed by atoms with Gasteiger partial charge in [0.1, 0.15) is 12.4 Å². The smallest absolute Gasteiger partial charge is 0.274 e. The number of halogens is 1. The Kier molecular flexibility index (Phi) is 4.89. The van der Waals surface area contributed by atoms with Gasteiger partial charge in [-0.1, -0.05) is 69.2 Å². The van der Waals surface area contributed by atoms with Crippen LogP contribution in [0.2, 0.25) is 0 Å². The second-order valence-electron chi connectivity index (χ2n) is 7.09. The van der Waals surface area contributed by atoms with Gasteiger partial charge in [-0.25, -0.2) is 9.38 Å². The van der Waals surface area contributed by atoms with E-state index in [1.807, 2.05) is 60.7 Å². The molecule has 2 aromatic heterocycles. The number of benzene rings is 3. The van der Waals surface area contributed by atoms with E-state index in [9.17, 15) is 4.79 Å². The maximum absolute atomic E-state index is 13.1. The van der Waals surface area contributed by atoms with E-state index in [1.165, 1.54) is 16.9 Å². The Hall–Kier alpha value is -2.96. The van der Waals surface area contributed by atoms with Gasteiger partial charge in [0.25, 0.3) is 5.56 Å². The van der Waals surface area contributed by atoms with Crippen LogP contribution in [0.4, 0.5) is 0 Å². The molecule has 6 heteroatoms. The van der Waals surface area contributed by atoms with Gasteiger partial charge in [0.05, 0.1) is 15.6 Å². The predicted octanol–water partition coefficient (Wildman–Crippen LogP) is 5.11. The van der Waals surface area contributed by atoms with E-state index in [4.69, 9.17) is 4.74 Å². The van der Waals surface area contributed by atoms with Crippen molar-refractivity contribution in [1.82, 2.24) is 9.38 Å². The molecular weight excluding hydrogens is 460 g/mol. The van der Waals surface area contributed by atoms with Crippen LogP contribution in [-0.2, 0) is 6.61 Å². The van der Waals surface area contributed by atoms with Crippen LogP contribution in [0.3, 0.4) is 0 Å². The van der Waals surface area contributed by atoms with Crippen molar-refractivity contribution in [3.05, 3.63) is 103 Å². The number of fused-ring (bicyclic) bond motifs is 3. The Morgan fingerprint density at radius 1 is 1.10 bits per heavy atom. The van der Waals surface area contributed by atoms with E-state index >= 15 is 0 Å². The molecule has 30 heavy (non-hydrogen) atoms. The molecule has 5 rings (SSSR count). The highest BCUT2D eigenvalue weighted by Gasteiger charge is 2.11. The Morgan fingerprint density at radius 2 is 1.97 bits per heavy atom. The summed E-state index contributed by atoms with van der Waals surface area (Å²) in [6.07, 6.45) is 1.88. The number of hydrogen-bond donors (Lipinski definition) is 0. The van der Waals surface area contributed by atoms with E-state index in [-0.39, 0.29) is 5.56 Å². The quantitative estimate of drug-likeness (QED) is 0.362. The fourth-order valence-corrected chi connectivity index (χ4v) is 4.84. The van der Waals surface area contributed by atoms with E-state index in [0.717, 1.165) is 32.4 Å². The number of ether oxygens (including phenoxy) is 1. The summed E-state index contributed by atoms with van der Waals surface area (Å²) in [5.74, 6) is 0.731. The monoisotopic (exact) mass is 476 g/mol. The average Bonchev–Trinajstić information content (AvgIpc) is 3.24. The molecule has 0 fully saturated rings. The van der Waals surface area contributed by atoms with Crippen molar-refractivity contribution < 1.29 is 4.74 Å². The van der Waals surface area contributed by atoms with Gasteiger partial charge in [0, 0.05) is 10.0 Å². The lowest BCUT2D eigenvalue weighted by molar-refractivity contribution is 0.305. The minimum atomic E-state index is -0.0618. The SMILES string of the molecule is Cc1cccc(COc2ccc(Br)cc2/C=c2\sc3nc4ccccc4n3c2=O)c1. The third-order valence-electron chi connectivity index (χ3n) is 4.88. The fourth-order valence-electron chi connectivity index (χ4n) is 3.48. The van der Waals surface area contributed by atoms with Crippen LogP contribution in [0.25, 0.3) is 22.1 Å². The number of thiazole rings is 1. The highest BCUT2D eigenvalue weighted by Crippen LogP contribution is 2.25. The largest absolute Gasteiger partial charge is 0.488 e. The third kappa shape index (κ3) is 3.53. The van der Waals surface area contributed by atoms with Crippen LogP contribution >= 0.6 is 27.3 Å². The first-order valence-electron chi connectivity index (χ1n) is 9.48. The number of hydrogen-bond acceptors (Lipinski definition) is 4. The summed E-state index contributed by atoms with van der Waals surface area (Å²) in [6.45, 7) is 2.53. The third-order valence-corrected chi connectivity index (χ3v) is 6.34. The van der Waals surface area contributed by atoms with Gasteiger partial charge >= 0.3 is 0 Å². The average molecular weight is 477 g/mol. The molecule has 2 heterocycles. The first-order valence-corrected chi connectivity index (χ1v) is 11.1. The van der Waals surface area contributed by atoms with Crippen LogP contribution in [0.15, 0.2) is 76.0 Å². The summed E-state index contributed by atoms with van der Waals surface area (Å²) in [6, 6.07) is 21.8. The highest BCUT2D eigenvalue weighted by atomic mass is 79.9. The van der Waals surface area contributed by atoms with Gasteiger partial charge in [0.15, 0.2) is 4.96 Å². The maximum atomic E-state index is 13.1. The normalized spacial score (nSPS) is 12.1. The van der Waals surface area contributed by atoms with Gasteiger partial charge in [-0.05, 0) is 48.9 Å². The van der Waals surface area contributed by atoms with E-state index in [0.29, 0.717) is 16.1 Å². The number of rotatable bonds is 4. The molecular formula is C24H17BrN2O2S. The summed E-state index contributed by atoms with van der Waals surface area (Å²) in [7, 11) is 0. The standard InChI is InChI=1S/C24H17BrN2O2S/c1-15-5-4-6-16(11-15)14-29-21-10-9-18(25)12-17(21)13-22-23(28)27-20-8-3-2-7-19(20)26-24(27)30-22/h2-13H,14H2,1H3/b22-13-. The van der Waals surface area contributed by atoms with E-state index in [1.54, 1.807) is 4.40 Å². The van der Waals surface area contributed by atoms with Crippen LogP contribution in [0.1, 0.15) is 16.7 Å². The van der Waals surface area contributed by atoms with Crippen molar-refractivity contribution in [2.75, 3.05) is 0 Å². The van der Waals surface area contributed by atoms with Crippen LogP contribution in [0.5, 0.6) is 5.75 Å². The highest BCUT2D eigenvalue weighted by molar-refractivity contribution is 9.10. The number of imidazole rings is 1. The van der Waals surface area contributed by atoms with Crippen LogP contribution in [0, 0.1) is 6.92 Å². The zero-order chi connectivity index (χ0) is 20.7. The molecule has 0 aliphatic carbocycles. The van der Waals surface area contributed by atoms with Crippen molar-refractivity contribution in [2.45, 2.75) is 13.5 Å². The number of para-hydroxylation sites is 2. The predicted molar refractivity (Wildman–Crippen MR) is 125 cm³/mol. The molecule has 0 bridgehead atoms. The molecule has 5 aromatic rings. The molecule has 0 aliphatic rings. The Labute approximate surface area is 185 Å². The van der Waals surface area contributed by atoms with Crippen molar-refractivity contribution in [1.29, 1.82) is 0 Å². The topological polar surface area (TPSA) is 43.6 Å². The van der Waals surface area contributed by atoms with Gasteiger partial charge in [-0.3, -0.25) is 4.79 Å². The second-order valence-corrected chi connectivity index (χ2v) is 9.02. The van der Waals surface area contributed by atoms with Crippen LogP contribution < -0.4 is 14.8 Å². The molecule has 0 radical (unpaired) electrons. The molecule has 148 valence electrons. The van der Waals surface area contributed by atoms with Crippen molar-refractivity contribution >= 4 is 49.3 Å². The lowest BCUT2D eigenvalue weighted by Gasteiger charge is -2.10. The van der Waals surface area contributed by atoms with E-state index in [2.05, 4.69) is 40.0 Å². The summed E-state index contributed by atoms with van der Waals surface area (Å²) in [4.78, 5) is 18.4. The molecule has 0 aliphatic heterocycles. The number of aromatic nitrogens is 2. The molecule has 0 amide bonds. The molecule has 0 spiro atoms. The summed E-state index contributed by atoms with van der Waals surface area (Å²) >= 11 is 4.91. The number of nitrogens with zero attached hydrogens (tertiary/aromatic N) is 2. The summed E-state index contributed by atoms with van der Waals surface area (Å²) in [5, 5.41) is 0. The molecule has 0 saturated carbocycles. The zero-order valence-corrected chi connectivity index (χ0v) is 18.5. The zero-order valence-electron chi connectivity index (χ0n) is 16.1. The lowest BCUT2D eigenvalue weighted by atomic mass is 10.1. The van der Waals surface area contributed by atoms with Crippen molar-refractivity contribution in [2.24, 2.45) is 0 Å². The molecule has 0 atom stereocenters. The van der Waals surface area contributed by atoms with E-state index < -0.39 is 0 Å². The first-order chi connectivity index (χ1) is 14.6. The van der Waals surface area contributed by atoms with Crippen LogP contribution in [-0.4, -0.2) is 9.38 Å². The lowest BCUT2D eigenvalue weighted by Crippen LogP contribution is -2.22. The molecule has 0 unspecified atom stereocenters. The molecule has 4 nitrogen and oxygen atoms in total. The second kappa shape index (κ2) is 7.70. The Balaban J connectivity index is 1.57. The summed E-state index contributed by atoms with van der Waals surface area (Å²) in [5.41, 5.74) is 4.75. The number of aryl methyl sites for hydroxylation is 1. The minimum Gasteiger partial charge on any atom is -0.488 e. The Morgan fingerprint density at radius 3 is 2.83 bits per heavy atom. The van der Waals surface area contributed by atoms with Gasteiger partial charge < -0.3 is 4.74 Å². The van der Waals surface area contributed by atoms with Gasteiger partial charge in [-0.2, -0.15) is 0 Å². The molecule has 3 aromatic carbocycles. The fraction of sp³-hybridized carbons (Fsp3) is 0.0833. The molecule has 0 N–H and O–H groups in total. The summed E-state index contributed by atoms with van der Waals surface area (Å²) < 4.78 is 9.33. The van der Waals surface area contributed by atoms with Crippen molar-refractivity contribution in [3.8, 4) is 5.75 Å². The first kappa shape index (κ1) is 19.0. The van der Waals surface area contributed by atoms with Gasteiger partial charge in [0.2, 0.25) is 0 Å². The molecule has 0 saturated heterocycles. The Bertz CT molecular complexity index is 1500. The van der Waals surface area contributed by atoms with Crippen molar-refractivity contribution in [3.63, 3.8) is 0 Å². The minimum absolute atomic E-state index is 0.0618. The van der Waals surface area contributed by atoms with Gasteiger partial charge in [-0.15, -0.1) is 0 Å².